The summed E-state index contributed by atoms with van der Waals surface area (Å²) >= 11 is 0. The van der Waals surface area contributed by atoms with Crippen molar-refractivity contribution in [3.63, 3.8) is 0 Å². The van der Waals surface area contributed by atoms with Crippen molar-refractivity contribution in [2.75, 3.05) is 0 Å². The maximum Gasteiger partial charge on any atom is 0.222 e. The van der Waals surface area contributed by atoms with Crippen LogP contribution in [0.1, 0.15) is 17.7 Å². The van der Waals surface area contributed by atoms with Crippen molar-refractivity contribution in [1.82, 2.24) is 24.9 Å². The van der Waals surface area contributed by atoms with Gasteiger partial charge in [0.1, 0.15) is 0 Å². The van der Waals surface area contributed by atoms with E-state index in [1.54, 1.807) is 17.1 Å². The van der Waals surface area contributed by atoms with Gasteiger partial charge in [0.2, 0.25) is 5.91 Å². The predicted molar refractivity (Wildman–Crippen MR) is 66.6 cm³/mol. The Kier molecular flexibility index (Phi) is 3.76. The number of carbonyl (C=O) groups is 1. The molecule has 2 rings (SSSR count). The van der Waals surface area contributed by atoms with Crippen molar-refractivity contribution in [2.24, 2.45) is 7.05 Å². The fourth-order valence-corrected chi connectivity index (χ4v) is 1.69. The van der Waals surface area contributed by atoms with E-state index >= 15 is 0 Å². The van der Waals surface area contributed by atoms with E-state index in [1.165, 1.54) is 0 Å². The summed E-state index contributed by atoms with van der Waals surface area (Å²) in [4.78, 5) is 11.7. The smallest absolute Gasteiger partial charge is 0.222 e. The van der Waals surface area contributed by atoms with Gasteiger partial charge in [-0.15, -0.1) is 0 Å². The number of aromatic nitrogens is 4. The maximum absolute atomic E-state index is 11.7. The molecule has 2 heterocycles. The molecule has 0 radical (unpaired) electrons. The normalized spacial score (nSPS) is 10.6. The predicted octanol–water partition coefficient (Wildman–Crippen LogP) is 0.632. The van der Waals surface area contributed by atoms with Crippen molar-refractivity contribution in [2.45, 2.75) is 26.4 Å². The molecular formula is C12H17N5O. The van der Waals surface area contributed by atoms with Gasteiger partial charge < -0.3 is 5.32 Å². The van der Waals surface area contributed by atoms with Crippen molar-refractivity contribution >= 4 is 5.91 Å². The van der Waals surface area contributed by atoms with Crippen LogP contribution in [-0.4, -0.2) is 25.5 Å². The lowest BCUT2D eigenvalue weighted by Gasteiger charge is -2.05. The van der Waals surface area contributed by atoms with E-state index in [4.69, 9.17) is 0 Å². The average Bonchev–Trinajstić information content (AvgIpc) is 2.93. The number of carbonyl (C=O) groups excluding carboxylic acids is 1. The van der Waals surface area contributed by atoms with Crippen LogP contribution in [0.3, 0.4) is 0 Å². The summed E-state index contributed by atoms with van der Waals surface area (Å²) in [7, 11) is 1.85. The van der Waals surface area contributed by atoms with Crippen molar-refractivity contribution in [3.8, 4) is 0 Å². The molecule has 0 aliphatic rings. The Morgan fingerprint density at radius 1 is 1.44 bits per heavy atom. The SMILES string of the molecule is Cc1ccnn1CCC(=O)NCc1cnn(C)c1. The summed E-state index contributed by atoms with van der Waals surface area (Å²) in [5.41, 5.74) is 2.07. The van der Waals surface area contributed by atoms with Crippen LogP contribution in [0, 0.1) is 6.92 Å². The Bertz CT molecular complexity index is 528. The molecule has 1 N–H and O–H groups in total. The van der Waals surface area contributed by atoms with Gasteiger partial charge in [0.05, 0.1) is 6.20 Å². The minimum Gasteiger partial charge on any atom is -0.352 e. The number of hydrogen-bond acceptors (Lipinski definition) is 3. The zero-order valence-electron chi connectivity index (χ0n) is 10.6. The minimum absolute atomic E-state index is 0.0220. The monoisotopic (exact) mass is 247 g/mol. The molecule has 18 heavy (non-hydrogen) atoms. The van der Waals surface area contributed by atoms with Gasteiger partial charge in [-0.3, -0.25) is 14.2 Å². The fourth-order valence-electron chi connectivity index (χ4n) is 1.69. The quantitative estimate of drug-likeness (QED) is 0.843. The highest BCUT2D eigenvalue weighted by Crippen LogP contribution is 1.99. The third-order valence-electron chi connectivity index (χ3n) is 2.73. The largest absolute Gasteiger partial charge is 0.352 e. The van der Waals surface area contributed by atoms with Gasteiger partial charge in [-0.2, -0.15) is 10.2 Å². The zero-order chi connectivity index (χ0) is 13.0. The van der Waals surface area contributed by atoms with E-state index in [0.29, 0.717) is 19.5 Å². The molecule has 2 aromatic rings. The molecule has 0 bridgehead atoms. The summed E-state index contributed by atoms with van der Waals surface area (Å²) in [6.07, 6.45) is 5.81. The van der Waals surface area contributed by atoms with E-state index in [2.05, 4.69) is 15.5 Å². The van der Waals surface area contributed by atoms with Crippen LogP contribution in [-0.2, 0) is 24.9 Å². The second kappa shape index (κ2) is 5.48. The molecule has 6 heteroatoms. The third-order valence-corrected chi connectivity index (χ3v) is 2.73. The van der Waals surface area contributed by atoms with Gasteiger partial charge in [0, 0.05) is 50.2 Å². The molecule has 0 aliphatic heterocycles. The molecule has 6 nitrogen and oxygen atoms in total. The standard InChI is InChI=1S/C12H17N5O/c1-10-3-5-14-17(10)6-4-12(18)13-7-11-8-15-16(2)9-11/h3,5,8-9H,4,6-7H2,1-2H3,(H,13,18). The van der Waals surface area contributed by atoms with Crippen LogP contribution in [0.4, 0.5) is 0 Å². The minimum atomic E-state index is 0.0220. The van der Waals surface area contributed by atoms with Crippen LogP contribution in [0.15, 0.2) is 24.7 Å². The van der Waals surface area contributed by atoms with Gasteiger partial charge in [-0.1, -0.05) is 0 Å². The lowest BCUT2D eigenvalue weighted by molar-refractivity contribution is -0.121. The number of nitrogens with zero attached hydrogens (tertiary/aromatic N) is 4. The Labute approximate surface area is 106 Å². The first-order valence-corrected chi connectivity index (χ1v) is 5.88. The van der Waals surface area contributed by atoms with Crippen molar-refractivity contribution < 1.29 is 4.79 Å². The van der Waals surface area contributed by atoms with Crippen LogP contribution in [0.25, 0.3) is 0 Å². The summed E-state index contributed by atoms with van der Waals surface area (Å²) in [5.74, 6) is 0.0220. The molecule has 0 saturated heterocycles. The molecule has 0 atom stereocenters. The van der Waals surface area contributed by atoms with Gasteiger partial charge in [-0.25, -0.2) is 0 Å². The maximum atomic E-state index is 11.7. The first-order chi connectivity index (χ1) is 8.65. The van der Waals surface area contributed by atoms with Crippen molar-refractivity contribution in [1.29, 1.82) is 0 Å². The number of nitrogens with one attached hydrogen (secondary N) is 1. The second-order valence-electron chi connectivity index (χ2n) is 4.24. The molecule has 0 aromatic carbocycles. The number of aryl methyl sites for hydroxylation is 3. The van der Waals surface area contributed by atoms with Crippen LogP contribution in [0.5, 0.6) is 0 Å². The highest BCUT2D eigenvalue weighted by atomic mass is 16.1. The van der Waals surface area contributed by atoms with E-state index in [9.17, 15) is 4.79 Å². The summed E-state index contributed by atoms with van der Waals surface area (Å²) in [6.45, 7) is 3.10. The molecule has 0 fully saturated rings. The molecule has 96 valence electrons. The average molecular weight is 247 g/mol. The topological polar surface area (TPSA) is 64.7 Å². The number of hydrogen-bond donors (Lipinski definition) is 1. The molecule has 1 amide bonds. The van der Waals surface area contributed by atoms with Gasteiger partial charge in [0.15, 0.2) is 0 Å². The van der Waals surface area contributed by atoms with E-state index in [-0.39, 0.29) is 5.91 Å². The number of rotatable bonds is 5. The molecule has 0 spiro atoms. The molecule has 0 unspecified atom stereocenters. The Balaban J connectivity index is 1.74. The summed E-state index contributed by atoms with van der Waals surface area (Å²) < 4.78 is 3.54. The zero-order valence-corrected chi connectivity index (χ0v) is 10.6. The third kappa shape index (κ3) is 3.19. The first-order valence-electron chi connectivity index (χ1n) is 5.88. The molecule has 2 aromatic heterocycles. The molecule has 0 saturated carbocycles. The van der Waals surface area contributed by atoms with Crippen LogP contribution < -0.4 is 5.32 Å². The summed E-state index contributed by atoms with van der Waals surface area (Å²) in [5, 5.41) is 11.0. The molecule has 0 aliphatic carbocycles. The fraction of sp³-hybridized carbons (Fsp3) is 0.417. The Morgan fingerprint density at radius 2 is 2.28 bits per heavy atom. The van der Waals surface area contributed by atoms with Gasteiger partial charge >= 0.3 is 0 Å². The van der Waals surface area contributed by atoms with Crippen molar-refractivity contribution in [3.05, 3.63) is 35.9 Å². The number of amides is 1. The Morgan fingerprint density at radius 3 is 2.89 bits per heavy atom. The molecular weight excluding hydrogens is 230 g/mol. The van der Waals surface area contributed by atoms with Gasteiger partial charge in [-0.05, 0) is 13.0 Å². The summed E-state index contributed by atoms with van der Waals surface area (Å²) in [6, 6.07) is 1.92. The lowest BCUT2D eigenvalue weighted by Crippen LogP contribution is -2.24. The lowest BCUT2D eigenvalue weighted by atomic mass is 10.3. The van der Waals surface area contributed by atoms with Crippen LogP contribution in [0.2, 0.25) is 0 Å². The van der Waals surface area contributed by atoms with Crippen LogP contribution >= 0.6 is 0 Å². The van der Waals surface area contributed by atoms with Gasteiger partial charge in [0.25, 0.3) is 0 Å². The first kappa shape index (κ1) is 12.3. The highest BCUT2D eigenvalue weighted by molar-refractivity contribution is 5.75. The van der Waals surface area contributed by atoms with E-state index in [1.807, 2.05) is 30.9 Å². The van der Waals surface area contributed by atoms with E-state index < -0.39 is 0 Å². The Hall–Kier alpha value is -2.11. The van der Waals surface area contributed by atoms with E-state index in [0.717, 1.165) is 11.3 Å². The second-order valence-corrected chi connectivity index (χ2v) is 4.24. The highest BCUT2D eigenvalue weighted by Gasteiger charge is 2.04.